The molecule has 15 heavy (non-hydrogen) atoms. The number of fused-ring (bicyclic) bond motifs is 2. The molecule has 0 radical (unpaired) electrons. The quantitative estimate of drug-likeness (QED) is 0.798. The monoisotopic (exact) mass is 221 g/mol. The van der Waals surface area contributed by atoms with Crippen LogP contribution in [0.1, 0.15) is 25.7 Å². The lowest BCUT2D eigenvalue weighted by Gasteiger charge is -2.24. The first-order chi connectivity index (χ1) is 7.33. The van der Waals surface area contributed by atoms with Crippen LogP contribution in [0, 0.1) is 11.8 Å². The molecule has 0 aromatic heterocycles. The van der Waals surface area contributed by atoms with Gasteiger partial charge in [-0.05, 0) is 43.2 Å². The molecule has 0 saturated heterocycles. The fourth-order valence-electron chi connectivity index (χ4n) is 3.20. The van der Waals surface area contributed by atoms with Crippen LogP contribution in [-0.4, -0.2) is 6.04 Å². The zero-order chi connectivity index (χ0) is 10.3. The predicted octanol–water partition coefficient (Wildman–Crippen LogP) is 3.94. The molecule has 2 fully saturated rings. The van der Waals surface area contributed by atoms with Crippen LogP contribution in [0.4, 0.5) is 5.69 Å². The van der Waals surface area contributed by atoms with Crippen molar-refractivity contribution in [3.63, 3.8) is 0 Å². The van der Waals surface area contributed by atoms with Crippen LogP contribution in [0.3, 0.4) is 0 Å². The molecular formula is C13H16ClN. The van der Waals surface area contributed by atoms with Gasteiger partial charge in [-0.2, -0.15) is 0 Å². The van der Waals surface area contributed by atoms with Gasteiger partial charge in [0.15, 0.2) is 0 Å². The lowest BCUT2D eigenvalue weighted by atomic mass is 9.95. The average molecular weight is 222 g/mol. The van der Waals surface area contributed by atoms with E-state index in [-0.39, 0.29) is 0 Å². The Kier molecular flexibility index (Phi) is 2.36. The van der Waals surface area contributed by atoms with Gasteiger partial charge in [0.1, 0.15) is 0 Å². The summed E-state index contributed by atoms with van der Waals surface area (Å²) in [6, 6.07) is 8.73. The maximum Gasteiger partial charge on any atom is 0.0637 e. The number of hydrogen-bond donors (Lipinski definition) is 1. The second kappa shape index (κ2) is 3.71. The molecule has 3 atom stereocenters. The van der Waals surface area contributed by atoms with Crippen molar-refractivity contribution in [2.75, 3.05) is 5.32 Å². The summed E-state index contributed by atoms with van der Waals surface area (Å²) in [4.78, 5) is 0. The molecule has 1 aromatic carbocycles. The van der Waals surface area contributed by atoms with Gasteiger partial charge in [-0.15, -0.1) is 0 Å². The van der Waals surface area contributed by atoms with Crippen LogP contribution >= 0.6 is 11.6 Å². The van der Waals surface area contributed by atoms with Gasteiger partial charge >= 0.3 is 0 Å². The van der Waals surface area contributed by atoms with Crippen molar-refractivity contribution >= 4 is 17.3 Å². The molecule has 2 aliphatic carbocycles. The van der Waals surface area contributed by atoms with E-state index in [0.717, 1.165) is 22.5 Å². The molecule has 80 valence electrons. The summed E-state index contributed by atoms with van der Waals surface area (Å²) in [5, 5.41) is 4.46. The molecule has 0 aliphatic heterocycles. The first-order valence-corrected chi connectivity index (χ1v) is 6.22. The summed E-state index contributed by atoms with van der Waals surface area (Å²) in [5.41, 5.74) is 1.11. The van der Waals surface area contributed by atoms with E-state index in [4.69, 9.17) is 11.6 Å². The van der Waals surface area contributed by atoms with E-state index in [9.17, 15) is 0 Å². The normalized spacial score (nSPS) is 33.3. The summed E-state index contributed by atoms with van der Waals surface area (Å²) in [6.45, 7) is 0. The van der Waals surface area contributed by atoms with E-state index in [2.05, 4.69) is 11.4 Å². The minimum absolute atomic E-state index is 0.670. The van der Waals surface area contributed by atoms with Gasteiger partial charge in [0.25, 0.3) is 0 Å². The topological polar surface area (TPSA) is 12.0 Å². The molecule has 0 heterocycles. The number of benzene rings is 1. The van der Waals surface area contributed by atoms with E-state index in [0.29, 0.717) is 6.04 Å². The molecule has 3 rings (SSSR count). The van der Waals surface area contributed by atoms with Crippen molar-refractivity contribution in [3.05, 3.63) is 29.3 Å². The van der Waals surface area contributed by atoms with E-state index in [1.54, 1.807) is 0 Å². The van der Waals surface area contributed by atoms with Gasteiger partial charge in [-0.1, -0.05) is 30.2 Å². The fourth-order valence-corrected chi connectivity index (χ4v) is 3.39. The van der Waals surface area contributed by atoms with Crippen molar-refractivity contribution in [2.45, 2.75) is 31.7 Å². The third-order valence-electron chi connectivity index (χ3n) is 3.95. The minimum Gasteiger partial charge on any atom is -0.381 e. The Bertz CT molecular complexity index is 363. The first kappa shape index (κ1) is 9.53. The SMILES string of the molecule is Clc1ccccc1N[C@H]1C[C@@H]2CC[C@H]1C2. The molecular weight excluding hydrogens is 206 g/mol. The zero-order valence-corrected chi connectivity index (χ0v) is 9.50. The predicted molar refractivity (Wildman–Crippen MR) is 64.3 cm³/mol. The second-order valence-corrected chi connectivity index (χ2v) is 5.31. The minimum atomic E-state index is 0.670. The van der Waals surface area contributed by atoms with Gasteiger partial charge in [0.05, 0.1) is 10.7 Å². The van der Waals surface area contributed by atoms with Crippen molar-refractivity contribution in [1.29, 1.82) is 0 Å². The fraction of sp³-hybridized carbons (Fsp3) is 0.538. The zero-order valence-electron chi connectivity index (χ0n) is 8.75. The van der Waals surface area contributed by atoms with Crippen LogP contribution in [0.15, 0.2) is 24.3 Å². The van der Waals surface area contributed by atoms with E-state index >= 15 is 0 Å². The van der Waals surface area contributed by atoms with Crippen molar-refractivity contribution < 1.29 is 0 Å². The number of halogens is 1. The number of nitrogens with one attached hydrogen (secondary N) is 1. The van der Waals surface area contributed by atoms with Crippen LogP contribution in [0.2, 0.25) is 5.02 Å². The van der Waals surface area contributed by atoms with Gasteiger partial charge in [0, 0.05) is 6.04 Å². The summed E-state index contributed by atoms with van der Waals surface area (Å²) in [7, 11) is 0. The molecule has 2 saturated carbocycles. The summed E-state index contributed by atoms with van der Waals surface area (Å²) in [6.07, 6.45) is 5.64. The summed E-state index contributed by atoms with van der Waals surface area (Å²) < 4.78 is 0. The summed E-state index contributed by atoms with van der Waals surface area (Å²) in [5.74, 6) is 1.88. The Balaban J connectivity index is 1.73. The number of para-hydroxylation sites is 1. The average Bonchev–Trinajstić information content (AvgIpc) is 2.83. The maximum absolute atomic E-state index is 6.14. The molecule has 0 unspecified atom stereocenters. The Morgan fingerprint density at radius 3 is 2.67 bits per heavy atom. The van der Waals surface area contributed by atoms with Crippen LogP contribution in [-0.2, 0) is 0 Å². The number of rotatable bonds is 2. The van der Waals surface area contributed by atoms with Gasteiger partial charge in [0.2, 0.25) is 0 Å². The maximum atomic E-state index is 6.14. The third-order valence-corrected chi connectivity index (χ3v) is 4.28. The van der Waals surface area contributed by atoms with E-state index in [1.807, 2.05) is 18.2 Å². The molecule has 1 nitrogen and oxygen atoms in total. The third kappa shape index (κ3) is 1.74. The van der Waals surface area contributed by atoms with Crippen LogP contribution in [0.25, 0.3) is 0 Å². The highest BCUT2D eigenvalue weighted by Crippen LogP contribution is 2.45. The molecule has 2 heteroatoms. The van der Waals surface area contributed by atoms with Gasteiger partial charge < -0.3 is 5.32 Å². The van der Waals surface area contributed by atoms with Crippen molar-refractivity contribution in [1.82, 2.24) is 0 Å². The Morgan fingerprint density at radius 2 is 2.00 bits per heavy atom. The number of hydrogen-bond acceptors (Lipinski definition) is 1. The van der Waals surface area contributed by atoms with Crippen molar-refractivity contribution in [3.8, 4) is 0 Å². The highest BCUT2D eigenvalue weighted by Gasteiger charge is 2.39. The Morgan fingerprint density at radius 1 is 1.13 bits per heavy atom. The van der Waals surface area contributed by atoms with E-state index < -0.39 is 0 Å². The molecule has 1 N–H and O–H groups in total. The Hall–Kier alpha value is -0.690. The van der Waals surface area contributed by atoms with E-state index in [1.165, 1.54) is 25.7 Å². The highest BCUT2D eigenvalue weighted by molar-refractivity contribution is 6.33. The molecule has 2 bridgehead atoms. The summed E-state index contributed by atoms with van der Waals surface area (Å²) >= 11 is 6.14. The van der Waals surface area contributed by atoms with Gasteiger partial charge in [-0.3, -0.25) is 0 Å². The number of anilines is 1. The molecule has 1 aromatic rings. The highest BCUT2D eigenvalue weighted by atomic mass is 35.5. The second-order valence-electron chi connectivity index (χ2n) is 4.91. The molecule has 0 amide bonds. The largest absolute Gasteiger partial charge is 0.381 e. The lowest BCUT2D eigenvalue weighted by molar-refractivity contribution is 0.440. The Labute approximate surface area is 95.8 Å². The van der Waals surface area contributed by atoms with Gasteiger partial charge in [-0.25, -0.2) is 0 Å². The lowest BCUT2D eigenvalue weighted by Crippen LogP contribution is -2.25. The first-order valence-electron chi connectivity index (χ1n) is 5.84. The standard InChI is InChI=1S/C13H16ClN/c14-11-3-1-2-4-12(11)15-13-8-9-5-6-10(13)7-9/h1-4,9-10,13,15H,5-8H2/t9-,10+,13+/m1/s1. The van der Waals surface area contributed by atoms with Crippen molar-refractivity contribution in [2.24, 2.45) is 11.8 Å². The molecule has 0 spiro atoms. The van der Waals surface area contributed by atoms with Crippen LogP contribution in [0.5, 0.6) is 0 Å². The molecule has 2 aliphatic rings. The van der Waals surface area contributed by atoms with Crippen LogP contribution < -0.4 is 5.32 Å². The smallest absolute Gasteiger partial charge is 0.0637 e.